The lowest BCUT2D eigenvalue weighted by Gasteiger charge is -2.37. The van der Waals surface area contributed by atoms with Gasteiger partial charge in [0.05, 0.1) is 0 Å². The molecule has 2 aromatic carbocycles. The van der Waals surface area contributed by atoms with Crippen molar-refractivity contribution in [2.75, 3.05) is 24.7 Å². The number of ether oxygens (including phenoxy) is 1. The first-order chi connectivity index (χ1) is 20.3. The Hall–Kier alpha value is -2.90. The van der Waals surface area contributed by atoms with Crippen molar-refractivity contribution in [2.45, 2.75) is 91.6 Å². The maximum Gasteiger partial charge on any atom is 0.253 e. The molecule has 0 atom stereocenters. The summed E-state index contributed by atoms with van der Waals surface area (Å²) in [6.07, 6.45) is 9.89. The van der Waals surface area contributed by atoms with Crippen molar-refractivity contribution in [3.8, 4) is 11.1 Å². The molecule has 0 unspecified atom stereocenters. The first kappa shape index (κ1) is 33.0. The molecular weight excluding hydrogens is 602 g/mol. The number of hydrogen-bond acceptors (Lipinski definition) is 4. The third kappa shape index (κ3) is 7.98. The molecule has 7 heteroatoms. The number of aromatic amines is 1. The zero-order valence-corrected chi connectivity index (χ0v) is 27.8. The zero-order valence-electron chi connectivity index (χ0n) is 26.2. The van der Waals surface area contributed by atoms with Gasteiger partial charge in [-0.2, -0.15) is 0 Å². The lowest BCUT2D eigenvalue weighted by Crippen LogP contribution is -3.00. The molecular formula is C36H47BrN3O3-. The van der Waals surface area contributed by atoms with Crippen LogP contribution in [0.25, 0.3) is 11.1 Å². The molecule has 5 rings (SSSR count). The number of anilines is 1. The van der Waals surface area contributed by atoms with Crippen LogP contribution in [0.5, 0.6) is 0 Å². The monoisotopic (exact) mass is 648 g/mol. The lowest BCUT2D eigenvalue weighted by molar-refractivity contribution is -0.0000185. The highest BCUT2D eigenvalue weighted by Crippen LogP contribution is 2.34. The summed E-state index contributed by atoms with van der Waals surface area (Å²) in [5.41, 5.74) is 8.42. The van der Waals surface area contributed by atoms with E-state index in [9.17, 15) is 9.59 Å². The van der Waals surface area contributed by atoms with Crippen LogP contribution in [0.4, 0.5) is 5.69 Å². The number of rotatable bonds is 9. The number of pyridine rings is 1. The number of carbonyl (C=O) groups is 1. The van der Waals surface area contributed by atoms with Gasteiger partial charge in [-0.25, -0.2) is 0 Å². The van der Waals surface area contributed by atoms with E-state index in [1.165, 1.54) is 37.7 Å². The van der Waals surface area contributed by atoms with Gasteiger partial charge < -0.3 is 36.9 Å². The number of benzene rings is 2. The number of aromatic nitrogens is 1. The molecule has 2 fully saturated rings. The SMILES string of the molecule is CCN(c1cc(-c2ccc(CC3CCCCC3)cc2)cc(C(=O)NCc2c(C)cc(C)[nH]c2=O)c1C)C1CCOCC1.[Br-]. The normalized spacial score (nSPS) is 16.0. The van der Waals surface area contributed by atoms with E-state index in [1.54, 1.807) is 0 Å². The van der Waals surface area contributed by atoms with Gasteiger partial charge in [-0.3, -0.25) is 9.59 Å². The summed E-state index contributed by atoms with van der Waals surface area (Å²) in [6, 6.07) is 15.6. The summed E-state index contributed by atoms with van der Waals surface area (Å²) in [5.74, 6) is 0.639. The van der Waals surface area contributed by atoms with Crippen LogP contribution in [0.3, 0.4) is 0 Å². The summed E-state index contributed by atoms with van der Waals surface area (Å²) >= 11 is 0. The standard InChI is InChI=1S/C36H47N3O3.BrH/c1-5-39(31-15-17-42-18-16-31)34-22-30(29-13-11-28(12-14-29)20-27-9-7-6-8-10-27)21-32(26(34)4)35(40)37-23-33-24(2)19-25(3)38-36(33)41;/h11-14,19,21-22,27,31H,5-10,15-18,20,23H2,1-4H3,(H,37,40)(H,38,41);1H/p-1. The Morgan fingerprint density at radius 1 is 0.953 bits per heavy atom. The lowest BCUT2D eigenvalue weighted by atomic mass is 9.84. The van der Waals surface area contributed by atoms with Gasteiger partial charge in [0.15, 0.2) is 0 Å². The third-order valence-corrected chi connectivity index (χ3v) is 9.36. The van der Waals surface area contributed by atoms with Gasteiger partial charge >= 0.3 is 0 Å². The molecule has 1 saturated carbocycles. The fraction of sp³-hybridized carbons (Fsp3) is 0.500. The van der Waals surface area contributed by atoms with Crippen LogP contribution in [0.2, 0.25) is 0 Å². The number of nitrogens with zero attached hydrogens (tertiary/aromatic N) is 1. The number of hydrogen-bond donors (Lipinski definition) is 2. The summed E-state index contributed by atoms with van der Waals surface area (Å²) in [5, 5.41) is 3.06. The van der Waals surface area contributed by atoms with E-state index < -0.39 is 0 Å². The molecule has 2 N–H and O–H groups in total. The second-order valence-corrected chi connectivity index (χ2v) is 12.3. The fourth-order valence-corrected chi connectivity index (χ4v) is 6.94. The van der Waals surface area contributed by atoms with E-state index in [4.69, 9.17) is 4.74 Å². The van der Waals surface area contributed by atoms with Gasteiger partial charge in [0.1, 0.15) is 0 Å². The van der Waals surface area contributed by atoms with Gasteiger partial charge in [0.25, 0.3) is 11.5 Å². The Bertz CT molecular complexity index is 1440. The second-order valence-electron chi connectivity index (χ2n) is 12.3. The molecule has 2 aliphatic rings. The highest BCUT2D eigenvalue weighted by Gasteiger charge is 2.25. The van der Waals surface area contributed by atoms with E-state index in [-0.39, 0.29) is 35.0 Å². The topological polar surface area (TPSA) is 74.4 Å². The minimum Gasteiger partial charge on any atom is -1.00 e. The average Bonchev–Trinajstić information content (AvgIpc) is 2.99. The van der Waals surface area contributed by atoms with Gasteiger partial charge in [-0.15, -0.1) is 0 Å². The molecule has 2 heterocycles. The van der Waals surface area contributed by atoms with E-state index in [0.717, 1.165) is 78.6 Å². The van der Waals surface area contributed by atoms with E-state index in [2.05, 4.69) is 52.5 Å². The molecule has 3 aromatic rings. The summed E-state index contributed by atoms with van der Waals surface area (Å²) in [7, 11) is 0. The summed E-state index contributed by atoms with van der Waals surface area (Å²) in [6.45, 7) is 10.6. The first-order valence-corrected chi connectivity index (χ1v) is 15.9. The fourth-order valence-electron chi connectivity index (χ4n) is 6.94. The number of H-pyrrole nitrogens is 1. The Balaban J connectivity index is 0.00000423. The van der Waals surface area contributed by atoms with Crippen LogP contribution >= 0.6 is 0 Å². The van der Waals surface area contributed by atoms with Gasteiger partial charge in [0.2, 0.25) is 0 Å². The van der Waals surface area contributed by atoms with Crippen molar-refractivity contribution in [2.24, 2.45) is 5.92 Å². The smallest absolute Gasteiger partial charge is 0.253 e. The van der Waals surface area contributed by atoms with Crippen LogP contribution in [0, 0.1) is 26.7 Å². The molecule has 232 valence electrons. The highest BCUT2D eigenvalue weighted by atomic mass is 79.9. The van der Waals surface area contributed by atoms with E-state index in [1.807, 2.05) is 32.9 Å². The molecule has 1 amide bonds. The van der Waals surface area contributed by atoms with Crippen LogP contribution in [-0.4, -0.2) is 36.7 Å². The Morgan fingerprint density at radius 3 is 2.30 bits per heavy atom. The maximum atomic E-state index is 13.8. The molecule has 43 heavy (non-hydrogen) atoms. The molecule has 6 nitrogen and oxygen atoms in total. The second kappa shape index (κ2) is 15.2. The minimum absolute atomic E-state index is 0. The molecule has 1 aliphatic heterocycles. The van der Waals surface area contributed by atoms with Crippen molar-refractivity contribution in [3.05, 3.63) is 86.3 Å². The summed E-state index contributed by atoms with van der Waals surface area (Å²) < 4.78 is 5.66. The molecule has 0 radical (unpaired) electrons. The highest BCUT2D eigenvalue weighted by molar-refractivity contribution is 5.99. The Kier molecular flexibility index (Phi) is 11.7. The minimum atomic E-state index is -0.160. The largest absolute Gasteiger partial charge is 1.00 e. The first-order valence-electron chi connectivity index (χ1n) is 15.9. The average molecular weight is 650 g/mol. The Morgan fingerprint density at radius 2 is 1.65 bits per heavy atom. The van der Waals surface area contributed by atoms with Crippen LogP contribution in [-0.2, 0) is 17.7 Å². The number of aryl methyl sites for hydroxylation is 2. The third-order valence-electron chi connectivity index (χ3n) is 9.36. The quantitative estimate of drug-likeness (QED) is 0.368. The molecule has 1 aliphatic carbocycles. The summed E-state index contributed by atoms with van der Waals surface area (Å²) in [4.78, 5) is 31.7. The molecule has 1 aromatic heterocycles. The number of carbonyl (C=O) groups excluding carboxylic acids is 1. The van der Waals surface area contributed by atoms with Gasteiger partial charge in [-0.05, 0) is 98.9 Å². The van der Waals surface area contributed by atoms with Crippen molar-refractivity contribution in [3.63, 3.8) is 0 Å². The number of amides is 1. The maximum absolute atomic E-state index is 13.8. The van der Waals surface area contributed by atoms with Gasteiger partial charge in [-0.1, -0.05) is 56.4 Å². The predicted octanol–water partition coefficient (Wildman–Crippen LogP) is 4.03. The van der Waals surface area contributed by atoms with E-state index in [0.29, 0.717) is 17.2 Å². The number of halogens is 1. The molecule has 0 bridgehead atoms. The van der Waals surface area contributed by atoms with Crippen molar-refractivity contribution >= 4 is 11.6 Å². The predicted molar refractivity (Wildman–Crippen MR) is 171 cm³/mol. The van der Waals surface area contributed by atoms with Crippen LogP contribution in [0.15, 0.2) is 47.3 Å². The van der Waals surface area contributed by atoms with Gasteiger partial charge in [0, 0.05) is 54.9 Å². The molecule has 1 saturated heterocycles. The van der Waals surface area contributed by atoms with E-state index >= 15 is 0 Å². The van der Waals surface area contributed by atoms with Crippen molar-refractivity contribution < 1.29 is 26.5 Å². The number of nitrogens with one attached hydrogen (secondary N) is 2. The Labute approximate surface area is 267 Å². The zero-order chi connectivity index (χ0) is 29.6. The van der Waals surface area contributed by atoms with Crippen molar-refractivity contribution in [1.29, 1.82) is 0 Å². The van der Waals surface area contributed by atoms with Crippen LogP contribution in [0.1, 0.15) is 90.2 Å². The molecule has 0 spiro atoms. The van der Waals surface area contributed by atoms with Crippen LogP contribution < -0.4 is 32.8 Å². The van der Waals surface area contributed by atoms with Crippen molar-refractivity contribution in [1.82, 2.24) is 10.3 Å².